The zero-order chi connectivity index (χ0) is 19.2. The second-order valence-corrected chi connectivity index (χ2v) is 7.23. The van der Waals surface area contributed by atoms with Gasteiger partial charge in [-0.3, -0.25) is 16.0 Å². The minimum atomic E-state index is -0.536. The first kappa shape index (κ1) is 19.6. The molecule has 0 radical (unpaired) electrons. The Morgan fingerprint density at radius 1 is 1.22 bits per heavy atom. The van der Waals surface area contributed by atoms with Crippen LogP contribution in [0.15, 0.2) is 42.5 Å². The standard InChI is InChI=1S/C20H29N5O2/c1-14-12-18(21-10-11-25(2)3)27-20(22-14)24-19(26)23-17-9-8-15-6-4-5-7-16(15)13-17/h4-9,13-14,18,20-22H,10-12H2,1-3H3,(H2,23,24,26). The van der Waals surface area contributed by atoms with Crippen molar-refractivity contribution in [2.24, 2.45) is 0 Å². The number of nitrogens with one attached hydrogen (secondary N) is 4. The summed E-state index contributed by atoms with van der Waals surface area (Å²) < 4.78 is 5.90. The van der Waals surface area contributed by atoms with Crippen LogP contribution in [0.2, 0.25) is 0 Å². The van der Waals surface area contributed by atoms with E-state index in [2.05, 4.69) is 33.1 Å². The molecule has 7 nitrogen and oxygen atoms in total. The van der Waals surface area contributed by atoms with E-state index in [0.717, 1.165) is 36.0 Å². The number of anilines is 1. The SMILES string of the molecule is CC1CC(NCCN(C)C)OC(NC(=O)Nc2ccc3ccccc3c2)N1. The number of hydrogen-bond acceptors (Lipinski definition) is 5. The number of carbonyl (C=O) groups is 1. The molecule has 7 heteroatoms. The number of carbonyl (C=O) groups excluding carboxylic acids is 1. The van der Waals surface area contributed by atoms with E-state index in [1.807, 2.05) is 56.6 Å². The smallest absolute Gasteiger partial charge is 0.322 e. The van der Waals surface area contributed by atoms with Gasteiger partial charge in [0.15, 0.2) is 6.35 Å². The molecule has 3 rings (SSSR count). The highest BCUT2D eigenvalue weighted by Crippen LogP contribution is 2.18. The molecule has 3 atom stereocenters. The van der Waals surface area contributed by atoms with Crippen molar-refractivity contribution in [3.05, 3.63) is 42.5 Å². The normalized spacial score (nSPS) is 22.7. The molecule has 2 aromatic rings. The lowest BCUT2D eigenvalue weighted by atomic mass is 10.1. The van der Waals surface area contributed by atoms with Crippen molar-refractivity contribution < 1.29 is 9.53 Å². The fraction of sp³-hybridized carbons (Fsp3) is 0.450. The predicted octanol–water partition coefficient (Wildman–Crippen LogP) is 2.12. The summed E-state index contributed by atoms with van der Waals surface area (Å²) >= 11 is 0. The molecular weight excluding hydrogens is 342 g/mol. The largest absolute Gasteiger partial charge is 0.327 e. The fourth-order valence-electron chi connectivity index (χ4n) is 3.12. The van der Waals surface area contributed by atoms with Crippen molar-refractivity contribution >= 4 is 22.5 Å². The third-order valence-corrected chi connectivity index (χ3v) is 4.50. The van der Waals surface area contributed by atoms with Crippen LogP contribution in [0.4, 0.5) is 10.5 Å². The summed E-state index contributed by atoms with van der Waals surface area (Å²) in [7, 11) is 4.07. The molecular formula is C20H29N5O2. The average molecular weight is 371 g/mol. The number of urea groups is 1. The summed E-state index contributed by atoms with van der Waals surface area (Å²) in [5.41, 5.74) is 0.746. The highest BCUT2D eigenvalue weighted by molar-refractivity contribution is 5.93. The van der Waals surface area contributed by atoms with Gasteiger partial charge in [-0.05, 0) is 43.9 Å². The molecule has 2 amide bonds. The molecule has 1 heterocycles. The monoisotopic (exact) mass is 371 g/mol. The first-order valence-electron chi connectivity index (χ1n) is 9.35. The summed E-state index contributed by atoms with van der Waals surface area (Å²) in [6, 6.07) is 13.8. The summed E-state index contributed by atoms with van der Waals surface area (Å²) in [5, 5.41) is 14.6. The number of fused-ring (bicyclic) bond motifs is 1. The van der Waals surface area contributed by atoms with Crippen LogP contribution in [-0.2, 0) is 4.74 Å². The van der Waals surface area contributed by atoms with Crippen LogP contribution in [0.3, 0.4) is 0 Å². The van der Waals surface area contributed by atoms with Crippen LogP contribution in [0.1, 0.15) is 13.3 Å². The van der Waals surface area contributed by atoms with Gasteiger partial charge >= 0.3 is 6.03 Å². The van der Waals surface area contributed by atoms with Crippen molar-refractivity contribution in [2.45, 2.75) is 32.0 Å². The maximum absolute atomic E-state index is 12.4. The van der Waals surface area contributed by atoms with Crippen molar-refractivity contribution in [3.8, 4) is 0 Å². The van der Waals surface area contributed by atoms with E-state index in [1.165, 1.54) is 0 Å². The summed E-state index contributed by atoms with van der Waals surface area (Å²) in [6.07, 6.45) is 0.219. The van der Waals surface area contributed by atoms with E-state index in [9.17, 15) is 4.79 Å². The van der Waals surface area contributed by atoms with Gasteiger partial charge in [-0.1, -0.05) is 30.3 Å². The quantitative estimate of drug-likeness (QED) is 0.626. The van der Waals surface area contributed by atoms with E-state index in [4.69, 9.17) is 4.74 Å². The van der Waals surface area contributed by atoms with Crippen LogP contribution >= 0.6 is 0 Å². The van der Waals surface area contributed by atoms with Crippen molar-refractivity contribution in [1.82, 2.24) is 20.9 Å². The average Bonchev–Trinajstić information content (AvgIpc) is 2.60. The van der Waals surface area contributed by atoms with Gasteiger partial charge in [-0.25, -0.2) is 4.79 Å². The molecule has 1 aliphatic rings. The van der Waals surface area contributed by atoms with E-state index >= 15 is 0 Å². The summed E-state index contributed by atoms with van der Waals surface area (Å²) in [5.74, 6) is 0. The number of hydrogen-bond donors (Lipinski definition) is 4. The second-order valence-electron chi connectivity index (χ2n) is 7.23. The number of rotatable bonds is 6. The highest BCUT2D eigenvalue weighted by atomic mass is 16.5. The van der Waals surface area contributed by atoms with Crippen molar-refractivity contribution in [2.75, 3.05) is 32.5 Å². The Labute approximate surface area is 160 Å². The van der Waals surface area contributed by atoms with Gasteiger partial charge in [0, 0.05) is 31.2 Å². The molecule has 0 saturated carbocycles. The minimum absolute atomic E-state index is 0.0906. The van der Waals surface area contributed by atoms with Gasteiger partial charge in [0.1, 0.15) is 6.23 Å². The van der Waals surface area contributed by atoms with Gasteiger partial charge in [0.25, 0.3) is 0 Å². The lowest BCUT2D eigenvalue weighted by molar-refractivity contribution is -0.0980. The van der Waals surface area contributed by atoms with Crippen molar-refractivity contribution in [3.63, 3.8) is 0 Å². The maximum atomic E-state index is 12.4. The lowest BCUT2D eigenvalue weighted by Gasteiger charge is -2.35. The molecule has 3 unspecified atom stereocenters. The van der Waals surface area contributed by atoms with Crippen molar-refractivity contribution in [1.29, 1.82) is 0 Å². The van der Waals surface area contributed by atoms with Crippen LogP contribution in [0.5, 0.6) is 0 Å². The maximum Gasteiger partial charge on any atom is 0.322 e. The Kier molecular flexibility index (Phi) is 6.63. The van der Waals surface area contributed by atoms with E-state index < -0.39 is 6.35 Å². The van der Waals surface area contributed by atoms with E-state index in [1.54, 1.807) is 0 Å². The third-order valence-electron chi connectivity index (χ3n) is 4.50. The van der Waals surface area contributed by atoms with Crippen LogP contribution < -0.4 is 21.3 Å². The topological polar surface area (TPSA) is 77.7 Å². The van der Waals surface area contributed by atoms with Crippen LogP contribution in [-0.4, -0.2) is 56.7 Å². The highest BCUT2D eigenvalue weighted by Gasteiger charge is 2.27. The zero-order valence-corrected chi connectivity index (χ0v) is 16.2. The van der Waals surface area contributed by atoms with E-state index in [-0.39, 0.29) is 18.3 Å². The molecule has 2 aromatic carbocycles. The molecule has 0 spiro atoms. The summed E-state index contributed by atoms with van der Waals surface area (Å²) in [4.78, 5) is 14.5. The summed E-state index contributed by atoms with van der Waals surface area (Å²) in [6.45, 7) is 3.85. The predicted molar refractivity (Wildman–Crippen MR) is 109 cm³/mol. The molecule has 1 saturated heterocycles. The van der Waals surface area contributed by atoms with Gasteiger partial charge < -0.3 is 15.0 Å². The fourth-order valence-corrected chi connectivity index (χ4v) is 3.12. The number of ether oxygens (including phenoxy) is 1. The molecule has 4 N–H and O–H groups in total. The Morgan fingerprint density at radius 3 is 2.78 bits per heavy atom. The lowest BCUT2D eigenvalue weighted by Crippen LogP contribution is -2.60. The Balaban J connectivity index is 1.52. The molecule has 0 aliphatic carbocycles. The Hall–Kier alpha value is -2.19. The van der Waals surface area contributed by atoms with Gasteiger partial charge in [-0.2, -0.15) is 0 Å². The molecule has 146 valence electrons. The molecule has 0 bridgehead atoms. The number of likely N-dealkylation sites (N-methyl/N-ethyl adjacent to an activating group) is 1. The van der Waals surface area contributed by atoms with Crippen LogP contribution in [0, 0.1) is 0 Å². The Morgan fingerprint density at radius 2 is 2.00 bits per heavy atom. The second kappa shape index (κ2) is 9.14. The van der Waals surface area contributed by atoms with Gasteiger partial charge in [0.05, 0.1) is 0 Å². The first-order chi connectivity index (χ1) is 13.0. The number of nitrogens with zero attached hydrogens (tertiary/aromatic N) is 1. The zero-order valence-electron chi connectivity index (χ0n) is 16.2. The van der Waals surface area contributed by atoms with Gasteiger partial charge in [-0.15, -0.1) is 0 Å². The van der Waals surface area contributed by atoms with Crippen LogP contribution in [0.25, 0.3) is 10.8 Å². The number of amides is 2. The van der Waals surface area contributed by atoms with E-state index in [0.29, 0.717) is 0 Å². The first-order valence-corrected chi connectivity index (χ1v) is 9.35. The third kappa shape index (κ3) is 5.90. The molecule has 27 heavy (non-hydrogen) atoms. The minimum Gasteiger partial charge on any atom is -0.327 e. The molecule has 1 fully saturated rings. The number of benzene rings is 2. The molecule has 1 aliphatic heterocycles. The Bertz CT molecular complexity index is 767. The molecule has 0 aromatic heterocycles. The van der Waals surface area contributed by atoms with Gasteiger partial charge in [0.2, 0.25) is 0 Å².